The van der Waals surface area contributed by atoms with E-state index >= 15 is 0 Å². The molecule has 1 aliphatic heterocycles. The van der Waals surface area contributed by atoms with E-state index in [0.717, 1.165) is 0 Å². The van der Waals surface area contributed by atoms with E-state index in [4.69, 9.17) is 26.8 Å². The van der Waals surface area contributed by atoms with Crippen molar-refractivity contribution in [3.63, 3.8) is 0 Å². The van der Waals surface area contributed by atoms with E-state index in [1.165, 1.54) is 6.20 Å². The molecule has 0 atom stereocenters. The Balaban J connectivity index is 2.13. The molecule has 0 spiro atoms. The van der Waals surface area contributed by atoms with Crippen molar-refractivity contribution in [2.75, 3.05) is 18.9 Å². The zero-order valence-corrected chi connectivity index (χ0v) is 7.49. The SMILES string of the molecule is Nc1ncc(Cl)c(OC2COC2)n1. The number of rotatable bonds is 2. The first kappa shape index (κ1) is 8.52. The Morgan fingerprint density at radius 3 is 3.00 bits per heavy atom. The number of ether oxygens (including phenoxy) is 2. The predicted octanol–water partition coefficient (Wildman–Crippen LogP) is 0.490. The summed E-state index contributed by atoms with van der Waals surface area (Å²) in [5, 5.41) is 0.362. The summed E-state index contributed by atoms with van der Waals surface area (Å²) in [5.41, 5.74) is 5.37. The second-order valence-corrected chi connectivity index (χ2v) is 3.07. The van der Waals surface area contributed by atoms with Gasteiger partial charge >= 0.3 is 0 Å². The smallest absolute Gasteiger partial charge is 0.237 e. The van der Waals surface area contributed by atoms with E-state index in [2.05, 4.69) is 9.97 Å². The number of nitrogens with two attached hydrogens (primary N) is 1. The molecular weight excluding hydrogens is 194 g/mol. The molecule has 2 rings (SSSR count). The molecule has 1 saturated heterocycles. The summed E-state index contributed by atoms with van der Waals surface area (Å²) in [6.45, 7) is 1.14. The molecule has 0 bridgehead atoms. The molecule has 6 heteroatoms. The highest BCUT2D eigenvalue weighted by molar-refractivity contribution is 6.31. The van der Waals surface area contributed by atoms with Crippen LogP contribution in [0.2, 0.25) is 5.02 Å². The highest BCUT2D eigenvalue weighted by Crippen LogP contribution is 2.23. The Bertz CT molecular complexity index is 317. The van der Waals surface area contributed by atoms with Gasteiger partial charge in [-0.15, -0.1) is 0 Å². The third-order valence-electron chi connectivity index (χ3n) is 1.62. The second-order valence-electron chi connectivity index (χ2n) is 2.66. The van der Waals surface area contributed by atoms with Crippen LogP contribution >= 0.6 is 11.6 Å². The van der Waals surface area contributed by atoms with E-state index in [9.17, 15) is 0 Å². The van der Waals surface area contributed by atoms with Crippen LogP contribution in [0, 0.1) is 0 Å². The summed E-state index contributed by atoms with van der Waals surface area (Å²) in [6, 6.07) is 0. The van der Waals surface area contributed by atoms with Crippen molar-refractivity contribution in [1.29, 1.82) is 0 Å². The first-order chi connectivity index (χ1) is 6.25. The maximum Gasteiger partial charge on any atom is 0.237 e. The van der Waals surface area contributed by atoms with E-state index in [1.807, 2.05) is 0 Å². The topological polar surface area (TPSA) is 70.3 Å². The quantitative estimate of drug-likeness (QED) is 0.754. The Kier molecular flexibility index (Phi) is 2.20. The molecule has 1 fully saturated rings. The van der Waals surface area contributed by atoms with Gasteiger partial charge in [0.1, 0.15) is 11.1 Å². The average molecular weight is 202 g/mol. The summed E-state index contributed by atoms with van der Waals surface area (Å²) in [5.74, 6) is 0.474. The van der Waals surface area contributed by atoms with Crippen LogP contribution in [0.1, 0.15) is 0 Å². The van der Waals surface area contributed by atoms with Crippen LogP contribution in [0.15, 0.2) is 6.20 Å². The van der Waals surface area contributed by atoms with Crippen LogP contribution in [-0.4, -0.2) is 29.3 Å². The molecule has 0 aromatic carbocycles. The summed E-state index contributed by atoms with van der Waals surface area (Å²) < 4.78 is 10.3. The normalized spacial score (nSPS) is 16.7. The number of aromatic nitrogens is 2. The number of nitrogen functional groups attached to an aromatic ring is 1. The van der Waals surface area contributed by atoms with Crippen LogP contribution in [0.3, 0.4) is 0 Å². The van der Waals surface area contributed by atoms with Crippen molar-refractivity contribution in [2.45, 2.75) is 6.10 Å². The molecule has 13 heavy (non-hydrogen) atoms. The van der Waals surface area contributed by atoms with E-state index in [-0.39, 0.29) is 12.1 Å². The van der Waals surface area contributed by atoms with Gasteiger partial charge in [-0.3, -0.25) is 0 Å². The summed E-state index contributed by atoms with van der Waals surface area (Å²) in [6.07, 6.45) is 1.45. The number of anilines is 1. The minimum atomic E-state index is 0.0341. The van der Waals surface area contributed by atoms with Gasteiger partial charge in [0.15, 0.2) is 0 Å². The Hall–Kier alpha value is -1.07. The average Bonchev–Trinajstić information content (AvgIpc) is 2.03. The zero-order chi connectivity index (χ0) is 9.26. The molecule has 70 valence electrons. The predicted molar refractivity (Wildman–Crippen MR) is 46.7 cm³/mol. The monoisotopic (exact) mass is 201 g/mol. The minimum Gasteiger partial charge on any atom is -0.468 e. The fraction of sp³-hybridized carbons (Fsp3) is 0.429. The number of nitrogens with zero attached hydrogens (tertiary/aromatic N) is 2. The Labute approximate surface area is 79.8 Å². The Morgan fingerprint density at radius 1 is 1.62 bits per heavy atom. The lowest BCUT2D eigenvalue weighted by Gasteiger charge is -2.26. The standard InChI is InChI=1S/C7H8ClN3O2/c8-5-1-10-7(9)11-6(5)13-4-2-12-3-4/h1,4H,2-3H2,(H2,9,10,11). The van der Waals surface area contributed by atoms with Crippen molar-refractivity contribution < 1.29 is 9.47 Å². The molecule has 1 aromatic rings. The molecule has 0 radical (unpaired) electrons. The highest BCUT2D eigenvalue weighted by atomic mass is 35.5. The van der Waals surface area contributed by atoms with Gasteiger partial charge in [0.2, 0.25) is 11.8 Å². The van der Waals surface area contributed by atoms with E-state index < -0.39 is 0 Å². The molecule has 0 aliphatic carbocycles. The van der Waals surface area contributed by atoms with Crippen LogP contribution in [0.25, 0.3) is 0 Å². The fourth-order valence-electron chi connectivity index (χ4n) is 0.887. The van der Waals surface area contributed by atoms with Gasteiger partial charge in [-0.25, -0.2) is 4.98 Å². The van der Waals surface area contributed by atoms with Gasteiger partial charge in [0.05, 0.1) is 19.4 Å². The molecule has 0 saturated carbocycles. The number of hydrogen-bond acceptors (Lipinski definition) is 5. The van der Waals surface area contributed by atoms with Crippen LogP contribution in [0.5, 0.6) is 5.88 Å². The van der Waals surface area contributed by atoms with Gasteiger partial charge in [0.25, 0.3) is 0 Å². The minimum absolute atomic E-state index is 0.0341. The van der Waals surface area contributed by atoms with Gasteiger partial charge in [-0.05, 0) is 0 Å². The lowest BCUT2D eigenvalue weighted by Crippen LogP contribution is -2.38. The molecule has 2 N–H and O–H groups in total. The third-order valence-corrected chi connectivity index (χ3v) is 1.88. The van der Waals surface area contributed by atoms with Gasteiger partial charge in [0, 0.05) is 0 Å². The highest BCUT2D eigenvalue weighted by Gasteiger charge is 2.22. The molecule has 1 aromatic heterocycles. The molecule has 1 aliphatic rings. The molecule has 0 unspecified atom stereocenters. The first-order valence-corrected chi connectivity index (χ1v) is 4.16. The molecule has 5 nitrogen and oxygen atoms in total. The summed E-state index contributed by atoms with van der Waals surface area (Å²) in [4.78, 5) is 7.57. The number of hydrogen-bond donors (Lipinski definition) is 1. The maximum absolute atomic E-state index is 5.77. The lowest BCUT2D eigenvalue weighted by atomic mass is 10.3. The van der Waals surface area contributed by atoms with E-state index in [0.29, 0.717) is 24.1 Å². The van der Waals surface area contributed by atoms with Crippen LogP contribution in [-0.2, 0) is 4.74 Å². The Morgan fingerprint density at radius 2 is 2.38 bits per heavy atom. The lowest BCUT2D eigenvalue weighted by molar-refractivity contribution is -0.0812. The van der Waals surface area contributed by atoms with Crippen molar-refractivity contribution in [2.24, 2.45) is 0 Å². The van der Waals surface area contributed by atoms with Gasteiger partial charge in [-0.1, -0.05) is 11.6 Å². The van der Waals surface area contributed by atoms with Crippen LogP contribution < -0.4 is 10.5 Å². The van der Waals surface area contributed by atoms with Gasteiger partial charge < -0.3 is 15.2 Å². The van der Waals surface area contributed by atoms with Crippen molar-refractivity contribution in [1.82, 2.24) is 9.97 Å². The molecular formula is C7H8ClN3O2. The third kappa shape index (κ3) is 1.81. The van der Waals surface area contributed by atoms with Crippen molar-refractivity contribution >= 4 is 17.5 Å². The second kappa shape index (κ2) is 3.35. The number of halogens is 1. The molecule has 2 heterocycles. The largest absolute Gasteiger partial charge is 0.468 e. The summed E-state index contributed by atoms with van der Waals surface area (Å²) in [7, 11) is 0. The van der Waals surface area contributed by atoms with Crippen molar-refractivity contribution in [3.05, 3.63) is 11.2 Å². The molecule has 0 amide bonds. The van der Waals surface area contributed by atoms with E-state index in [1.54, 1.807) is 0 Å². The summed E-state index contributed by atoms with van der Waals surface area (Å²) >= 11 is 5.77. The maximum atomic E-state index is 5.77. The zero-order valence-electron chi connectivity index (χ0n) is 6.74. The van der Waals surface area contributed by atoms with Crippen molar-refractivity contribution in [3.8, 4) is 5.88 Å². The fourth-order valence-corrected chi connectivity index (χ4v) is 1.02. The van der Waals surface area contributed by atoms with Crippen LogP contribution in [0.4, 0.5) is 5.95 Å². The first-order valence-electron chi connectivity index (χ1n) is 3.78. The van der Waals surface area contributed by atoms with Gasteiger partial charge in [-0.2, -0.15) is 4.98 Å².